The first-order chi connectivity index (χ1) is 12.3. The first-order valence-electron chi connectivity index (χ1n) is 8.47. The molecular weight excluding hydrogens is 395 g/mol. The van der Waals surface area contributed by atoms with Gasteiger partial charge in [-0.15, -0.1) is 0 Å². The number of hydrogen-bond donors (Lipinski definition) is 2. The van der Waals surface area contributed by atoms with Crippen LogP contribution in [0.1, 0.15) is 32.3 Å². The molecule has 1 atom stereocenters. The zero-order valence-electron chi connectivity index (χ0n) is 15.3. The van der Waals surface area contributed by atoms with Crippen LogP contribution in [0.15, 0.2) is 18.2 Å². The van der Waals surface area contributed by atoms with E-state index in [9.17, 15) is 14.8 Å². The van der Waals surface area contributed by atoms with Crippen LogP contribution in [0.2, 0.25) is 10.0 Å². The van der Waals surface area contributed by atoms with Crippen molar-refractivity contribution in [3.05, 3.63) is 33.8 Å². The number of amides is 2. The summed E-state index contributed by atoms with van der Waals surface area (Å²) in [6.07, 6.45) is 2.91. The zero-order chi connectivity index (χ0) is 19.7. The molecule has 0 unspecified atom stereocenters. The Balaban J connectivity index is 2.91. The molecule has 146 valence electrons. The Hall–Kier alpha value is -0.950. The van der Waals surface area contributed by atoms with Gasteiger partial charge in [0.25, 0.3) is 0 Å². The lowest BCUT2D eigenvalue weighted by Crippen LogP contribution is -2.49. The van der Waals surface area contributed by atoms with Crippen LogP contribution >= 0.6 is 35.0 Å². The highest BCUT2D eigenvalue weighted by atomic mass is 35.5. The number of thioether (sulfide) groups is 1. The quantitative estimate of drug-likeness (QED) is 0.340. The van der Waals surface area contributed by atoms with Gasteiger partial charge in [-0.3, -0.25) is 14.8 Å². The summed E-state index contributed by atoms with van der Waals surface area (Å²) in [5.41, 5.74) is 0.708. The third-order valence-corrected chi connectivity index (χ3v) is 5.16. The maximum absolute atomic E-state index is 12.5. The fourth-order valence-electron chi connectivity index (χ4n) is 2.27. The largest absolute Gasteiger partial charge is 0.353 e. The summed E-state index contributed by atoms with van der Waals surface area (Å²) in [5, 5.41) is 14.4. The van der Waals surface area contributed by atoms with Gasteiger partial charge >= 0.3 is 0 Å². The number of benzene rings is 1. The molecule has 8 heteroatoms. The van der Waals surface area contributed by atoms with Crippen LogP contribution in [-0.2, 0) is 16.0 Å². The number of nitrogens with zero attached hydrogens (tertiary/aromatic N) is 1. The van der Waals surface area contributed by atoms with Gasteiger partial charge in [0.1, 0.15) is 6.04 Å². The molecule has 0 bridgehead atoms. The van der Waals surface area contributed by atoms with E-state index >= 15 is 0 Å². The summed E-state index contributed by atoms with van der Waals surface area (Å²) in [7, 11) is 0. The molecule has 0 spiro atoms. The minimum absolute atomic E-state index is 0.145. The fraction of sp³-hybridized carbons (Fsp3) is 0.556. The summed E-state index contributed by atoms with van der Waals surface area (Å²) in [4.78, 5) is 24.8. The second-order valence-corrected chi connectivity index (χ2v) is 8.22. The zero-order valence-corrected chi connectivity index (χ0v) is 17.6. The van der Waals surface area contributed by atoms with Crippen molar-refractivity contribution in [2.24, 2.45) is 5.92 Å². The highest BCUT2D eigenvalue weighted by molar-refractivity contribution is 7.98. The maximum Gasteiger partial charge on any atom is 0.246 e. The van der Waals surface area contributed by atoms with Gasteiger partial charge in [0, 0.05) is 25.1 Å². The number of rotatable bonds is 10. The van der Waals surface area contributed by atoms with Crippen molar-refractivity contribution in [2.75, 3.05) is 18.6 Å². The van der Waals surface area contributed by atoms with Crippen LogP contribution in [0, 0.1) is 5.92 Å². The Bertz CT molecular complexity index is 614. The number of carbonyl (C=O) groups excluding carboxylic acids is 2. The number of hydroxylamine groups is 2. The number of halogens is 2. The van der Waals surface area contributed by atoms with Crippen molar-refractivity contribution in [1.82, 2.24) is 10.4 Å². The average Bonchev–Trinajstić information content (AvgIpc) is 2.60. The SMILES string of the molecule is CSCCNC(=O)[C@H](Cc1ccc(Cl)c(Cl)c1)N(O)C(=O)CCC(C)C. The molecule has 0 saturated heterocycles. The van der Waals surface area contributed by atoms with E-state index in [0.29, 0.717) is 39.6 Å². The molecule has 0 fully saturated rings. The van der Waals surface area contributed by atoms with E-state index in [1.165, 1.54) is 0 Å². The molecular formula is C18H26Cl2N2O3S. The van der Waals surface area contributed by atoms with Crippen LogP contribution in [0.3, 0.4) is 0 Å². The molecule has 0 aliphatic rings. The summed E-state index contributed by atoms with van der Waals surface area (Å²) in [6, 6.07) is 3.97. The first-order valence-corrected chi connectivity index (χ1v) is 10.6. The van der Waals surface area contributed by atoms with Crippen LogP contribution < -0.4 is 5.32 Å². The van der Waals surface area contributed by atoms with Crippen LogP contribution in [0.5, 0.6) is 0 Å². The number of carbonyl (C=O) groups is 2. The van der Waals surface area contributed by atoms with E-state index < -0.39 is 17.9 Å². The van der Waals surface area contributed by atoms with E-state index in [1.54, 1.807) is 30.0 Å². The molecule has 0 saturated carbocycles. The molecule has 0 heterocycles. The van der Waals surface area contributed by atoms with Gasteiger partial charge in [-0.05, 0) is 36.3 Å². The van der Waals surface area contributed by atoms with Crippen molar-refractivity contribution in [3.8, 4) is 0 Å². The van der Waals surface area contributed by atoms with Crippen LogP contribution in [0.4, 0.5) is 0 Å². The van der Waals surface area contributed by atoms with E-state index in [2.05, 4.69) is 5.32 Å². The van der Waals surface area contributed by atoms with Crippen molar-refractivity contribution >= 4 is 46.8 Å². The summed E-state index contributed by atoms with van der Waals surface area (Å²) < 4.78 is 0. The second kappa shape index (κ2) is 11.7. The highest BCUT2D eigenvalue weighted by Crippen LogP contribution is 2.24. The molecule has 1 aromatic carbocycles. The smallest absolute Gasteiger partial charge is 0.246 e. The molecule has 0 aliphatic carbocycles. The fourth-order valence-corrected chi connectivity index (χ4v) is 2.90. The van der Waals surface area contributed by atoms with Crippen molar-refractivity contribution in [2.45, 2.75) is 39.2 Å². The third kappa shape index (κ3) is 7.74. The second-order valence-electron chi connectivity index (χ2n) is 6.42. The van der Waals surface area contributed by atoms with Crippen LogP contribution in [0.25, 0.3) is 0 Å². The monoisotopic (exact) mass is 420 g/mol. The van der Waals surface area contributed by atoms with Crippen LogP contribution in [-0.4, -0.2) is 46.7 Å². The van der Waals surface area contributed by atoms with Crippen molar-refractivity contribution in [1.29, 1.82) is 0 Å². The molecule has 2 amide bonds. The minimum Gasteiger partial charge on any atom is -0.353 e. The molecule has 0 aromatic heterocycles. The maximum atomic E-state index is 12.5. The van der Waals surface area contributed by atoms with Gasteiger partial charge in [0.05, 0.1) is 10.0 Å². The summed E-state index contributed by atoms with van der Waals surface area (Å²) in [6.45, 7) is 4.46. The molecule has 0 aliphatic heterocycles. The van der Waals surface area contributed by atoms with Gasteiger partial charge in [-0.2, -0.15) is 11.8 Å². The molecule has 1 aromatic rings. The lowest BCUT2D eigenvalue weighted by atomic mass is 10.0. The van der Waals surface area contributed by atoms with Gasteiger partial charge in [-0.1, -0.05) is 43.1 Å². The van der Waals surface area contributed by atoms with Gasteiger partial charge < -0.3 is 5.32 Å². The van der Waals surface area contributed by atoms with Gasteiger partial charge in [-0.25, -0.2) is 5.06 Å². The van der Waals surface area contributed by atoms with Crippen molar-refractivity contribution < 1.29 is 14.8 Å². The predicted molar refractivity (Wildman–Crippen MR) is 108 cm³/mol. The lowest BCUT2D eigenvalue weighted by Gasteiger charge is -2.26. The average molecular weight is 421 g/mol. The number of nitrogens with one attached hydrogen (secondary N) is 1. The highest BCUT2D eigenvalue weighted by Gasteiger charge is 2.29. The van der Waals surface area contributed by atoms with E-state index in [0.717, 1.165) is 5.75 Å². The molecule has 1 rings (SSSR count). The predicted octanol–water partition coefficient (Wildman–Crippen LogP) is 4.04. The standard InChI is InChI=1S/C18H26Cl2N2O3S/c1-12(2)4-7-17(23)22(25)16(18(24)21-8-9-26-3)11-13-5-6-14(19)15(20)10-13/h5-6,10,12,16,25H,4,7-9,11H2,1-3H3,(H,21,24)/t16-/m0/s1. The number of hydrogen-bond acceptors (Lipinski definition) is 4. The Kier molecular flexibility index (Phi) is 10.4. The van der Waals surface area contributed by atoms with Crippen molar-refractivity contribution in [3.63, 3.8) is 0 Å². The van der Waals surface area contributed by atoms with E-state index in [4.69, 9.17) is 23.2 Å². The Labute approximate surface area is 169 Å². The topological polar surface area (TPSA) is 69.6 Å². The summed E-state index contributed by atoms with van der Waals surface area (Å²) >= 11 is 13.5. The normalized spacial score (nSPS) is 12.1. The molecule has 0 radical (unpaired) electrons. The minimum atomic E-state index is -1.02. The first kappa shape index (κ1) is 23.1. The molecule has 26 heavy (non-hydrogen) atoms. The summed E-state index contributed by atoms with van der Waals surface area (Å²) in [5.74, 6) is 0.211. The Morgan fingerprint density at radius 1 is 1.27 bits per heavy atom. The van der Waals surface area contributed by atoms with E-state index in [1.807, 2.05) is 20.1 Å². The van der Waals surface area contributed by atoms with E-state index in [-0.39, 0.29) is 12.8 Å². The Morgan fingerprint density at radius 2 is 1.96 bits per heavy atom. The van der Waals surface area contributed by atoms with Gasteiger partial charge in [0.2, 0.25) is 11.8 Å². The third-order valence-electron chi connectivity index (χ3n) is 3.81. The Morgan fingerprint density at radius 3 is 2.54 bits per heavy atom. The molecule has 2 N–H and O–H groups in total. The lowest BCUT2D eigenvalue weighted by molar-refractivity contribution is -0.180. The molecule has 5 nitrogen and oxygen atoms in total. The van der Waals surface area contributed by atoms with Gasteiger partial charge in [0.15, 0.2) is 0 Å².